The number of nitrogens with one attached hydrogen (secondary N) is 2. The molecular formula is C33H21FN2O2. The summed E-state index contributed by atoms with van der Waals surface area (Å²) in [6.45, 7) is 2.04. The summed E-state index contributed by atoms with van der Waals surface area (Å²) in [5, 5.41) is 2.14. The van der Waals surface area contributed by atoms with Crippen LogP contribution in [0.4, 0.5) is 4.39 Å². The molecule has 0 radical (unpaired) electrons. The second-order valence-corrected chi connectivity index (χ2v) is 9.75. The molecule has 0 amide bonds. The topological polar surface area (TPSA) is 65.7 Å². The molecule has 0 fully saturated rings. The van der Waals surface area contributed by atoms with Crippen molar-refractivity contribution in [3.63, 3.8) is 0 Å². The summed E-state index contributed by atoms with van der Waals surface area (Å²) in [6.07, 6.45) is 0. The van der Waals surface area contributed by atoms with Gasteiger partial charge in [-0.05, 0) is 77.7 Å². The van der Waals surface area contributed by atoms with Crippen LogP contribution in [0.1, 0.15) is 5.56 Å². The highest BCUT2D eigenvalue weighted by molar-refractivity contribution is 6.03. The lowest BCUT2D eigenvalue weighted by Crippen LogP contribution is -2.08. The molecule has 0 saturated carbocycles. The third-order valence-corrected chi connectivity index (χ3v) is 7.28. The van der Waals surface area contributed by atoms with Crippen LogP contribution in [0.2, 0.25) is 0 Å². The van der Waals surface area contributed by atoms with E-state index in [4.69, 9.17) is 0 Å². The highest BCUT2D eigenvalue weighted by Crippen LogP contribution is 2.27. The van der Waals surface area contributed by atoms with E-state index in [9.17, 15) is 14.0 Å². The number of H-pyrrole nitrogens is 2. The number of fused-ring (bicyclic) bond motifs is 4. The maximum atomic E-state index is 13.6. The zero-order valence-corrected chi connectivity index (χ0v) is 20.4. The van der Waals surface area contributed by atoms with E-state index in [1.54, 1.807) is 24.3 Å². The molecule has 2 aromatic heterocycles. The van der Waals surface area contributed by atoms with E-state index in [1.165, 1.54) is 17.7 Å². The van der Waals surface area contributed by atoms with Crippen molar-refractivity contribution in [1.82, 2.24) is 9.97 Å². The van der Waals surface area contributed by atoms with Gasteiger partial charge in [0.15, 0.2) is 10.9 Å². The Morgan fingerprint density at radius 1 is 0.474 bits per heavy atom. The van der Waals surface area contributed by atoms with Gasteiger partial charge in [0, 0.05) is 32.6 Å². The van der Waals surface area contributed by atoms with Crippen molar-refractivity contribution in [2.45, 2.75) is 6.92 Å². The summed E-state index contributed by atoms with van der Waals surface area (Å²) < 4.78 is 13.4. The van der Waals surface area contributed by atoms with Crippen molar-refractivity contribution in [2.75, 3.05) is 0 Å². The fourth-order valence-electron chi connectivity index (χ4n) is 5.19. The molecule has 182 valence electrons. The van der Waals surface area contributed by atoms with Crippen LogP contribution in [0.15, 0.2) is 107 Å². The smallest absolute Gasteiger partial charge is 0.197 e. The summed E-state index contributed by atoms with van der Waals surface area (Å²) in [5.41, 5.74) is 7.23. The second-order valence-electron chi connectivity index (χ2n) is 9.75. The molecule has 5 aromatic carbocycles. The van der Waals surface area contributed by atoms with Gasteiger partial charge in [0.2, 0.25) is 0 Å². The van der Waals surface area contributed by atoms with Gasteiger partial charge in [-0.3, -0.25) is 9.59 Å². The lowest BCUT2D eigenvalue weighted by atomic mass is 10.00. The summed E-state index contributed by atoms with van der Waals surface area (Å²) in [5.74, 6) is -0.307. The molecule has 0 aliphatic rings. The van der Waals surface area contributed by atoms with Crippen molar-refractivity contribution in [1.29, 1.82) is 0 Å². The lowest BCUT2D eigenvalue weighted by molar-refractivity contribution is 0.628. The Hall–Kier alpha value is -5.03. The first-order valence-electron chi connectivity index (χ1n) is 12.4. The molecule has 0 spiro atoms. The third-order valence-electron chi connectivity index (χ3n) is 7.28. The number of rotatable bonds is 2. The van der Waals surface area contributed by atoms with E-state index in [-0.39, 0.29) is 16.7 Å². The first kappa shape index (κ1) is 22.2. The van der Waals surface area contributed by atoms with Gasteiger partial charge in [-0.2, -0.15) is 0 Å². The molecule has 38 heavy (non-hydrogen) atoms. The average Bonchev–Trinajstić information content (AvgIpc) is 2.93. The van der Waals surface area contributed by atoms with Gasteiger partial charge in [0.05, 0.1) is 11.0 Å². The summed E-state index contributed by atoms with van der Waals surface area (Å²) in [4.78, 5) is 33.9. The number of hydrogen-bond donors (Lipinski definition) is 2. The fraction of sp³-hybridized carbons (Fsp3) is 0.0303. The Balaban J connectivity index is 1.43. The molecule has 0 aliphatic carbocycles. The van der Waals surface area contributed by atoms with E-state index < -0.39 is 0 Å². The SMILES string of the molecule is Cc1ccc(-c2ccc3[nH]c4cc5c(=O)c6cc(-c7ccc(F)cc7)ccc6[nH]c5cc4c(=O)c3c2)cc1. The van der Waals surface area contributed by atoms with Crippen LogP contribution in [0.5, 0.6) is 0 Å². The number of aryl methyl sites for hydroxylation is 1. The fourth-order valence-corrected chi connectivity index (χ4v) is 5.19. The molecule has 0 saturated heterocycles. The molecule has 2 N–H and O–H groups in total. The second kappa shape index (κ2) is 8.25. The van der Waals surface area contributed by atoms with Crippen molar-refractivity contribution >= 4 is 43.6 Å². The van der Waals surface area contributed by atoms with Gasteiger partial charge >= 0.3 is 0 Å². The predicted molar refractivity (Wildman–Crippen MR) is 153 cm³/mol. The molecule has 7 aromatic rings. The van der Waals surface area contributed by atoms with Gasteiger partial charge < -0.3 is 9.97 Å². The largest absolute Gasteiger partial charge is 0.354 e. The number of pyridine rings is 2. The van der Waals surface area contributed by atoms with Crippen LogP contribution in [0.25, 0.3) is 65.9 Å². The van der Waals surface area contributed by atoms with E-state index in [0.29, 0.717) is 43.6 Å². The minimum Gasteiger partial charge on any atom is -0.354 e. The average molecular weight is 497 g/mol. The number of halogens is 1. The van der Waals surface area contributed by atoms with E-state index in [2.05, 4.69) is 34.2 Å². The molecule has 0 bridgehead atoms. The zero-order valence-electron chi connectivity index (χ0n) is 20.4. The zero-order chi connectivity index (χ0) is 26.0. The highest BCUT2D eigenvalue weighted by Gasteiger charge is 2.13. The van der Waals surface area contributed by atoms with Gasteiger partial charge in [0.1, 0.15) is 5.82 Å². The molecule has 7 rings (SSSR count). The van der Waals surface area contributed by atoms with Crippen LogP contribution in [-0.2, 0) is 0 Å². The Bertz CT molecular complexity index is 2020. The first-order valence-corrected chi connectivity index (χ1v) is 12.4. The molecule has 0 atom stereocenters. The number of benzene rings is 5. The molecule has 5 heteroatoms. The van der Waals surface area contributed by atoms with Gasteiger partial charge in [-0.25, -0.2) is 4.39 Å². The van der Waals surface area contributed by atoms with Crippen LogP contribution < -0.4 is 10.9 Å². The van der Waals surface area contributed by atoms with Crippen LogP contribution >= 0.6 is 0 Å². The number of aromatic nitrogens is 2. The standard InChI is InChI=1S/C33H21FN2O2/c1-18-2-4-19(5-3-18)21-8-12-28-24(14-21)32(37)26-16-31-27(17-30(26)35-28)33(38)25-15-22(9-13-29(25)36-31)20-6-10-23(34)11-7-20/h2-17H,1H3,(H,35,37)(H,36,38). The molecule has 0 aliphatic heterocycles. The van der Waals surface area contributed by atoms with Crippen molar-refractivity contribution in [3.8, 4) is 22.3 Å². The first-order chi connectivity index (χ1) is 18.4. The Kier molecular flexibility index (Phi) is 4.82. The molecule has 0 unspecified atom stereocenters. The number of aromatic amines is 2. The third kappa shape index (κ3) is 3.51. The minimum absolute atomic E-state index is 0.0859. The van der Waals surface area contributed by atoms with Crippen molar-refractivity contribution in [2.24, 2.45) is 0 Å². The van der Waals surface area contributed by atoms with E-state index >= 15 is 0 Å². The van der Waals surface area contributed by atoms with E-state index in [1.807, 2.05) is 43.3 Å². The van der Waals surface area contributed by atoms with Crippen molar-refractivity contribution < 1.29 is 4.39 Å². The minimum atomic E-state index is -0.307. The van der Waals surface area contributed by atoms with Crippen LogP contribution in [-0.4, -0.2) is 9.97 Å². The van der Waals surface area contributed by atoms with Gasteiger partial charge in [-0.1, -0.05) is 54.1 Å². The monoisotopic (exact) mass is 496 g/mol. The summed E-state index contributed by atoms with van der Waals surface area (Å²) in [7, 11) is 0. The summed E-state index contributed by atoms with van der Waals surface area (Å²) >= 11 is 0. The molecule has 4 nitrogen and oxygen atoms in total. The van der Waals surface area contributed by atoms with Gasteiger partial charge in [-0.15, -0.1) is 0 Å². The Labute approximate surface area is 216 Å². The Morgan fingerprint density at radius 3 is 1.34 bits per heavy atom. The lowest BCUT2D eigenvalue weighted by Gasteiger charge is -2.09. The predicted octanol–water partition coefficient (Wildman–Crippen LogP) is 7.46. The summed E-state index contributed by atoms with van der Waals surface area (Å²) in [6, 6.07) is 29.3. The normalized spacial score (nSPS) is 11.6. The van der Waals surface area contributed by atoms with Crippen molar-refractivity contribution in [3.05, 3.63) is 129 Å². The molecular weight excluding hydrogens is 475 g/mol. The van der Waals surface area contributed by atoms with Gasteiger partial charge in [0.25, 0.3) is 0 Å². The maximum Gasteiger partial charge on any atom is 0.197 e. The number of hydrogen-bond acceptors (Lipinski definition) is 2. The highest BCUT2D eigenvalue weighted by atomic mass is 19.1. The van der Waals surface area contributed by atoms with E-state index in [0.717, 1.165) is 22.3 Å². The van der Waals surface area contributed by atoms with Crippen LogP contribution in [0, 0.1) is 12.7 Å². The maximum absolute atomic E-state index is 13.6. The molecule has 2 heterocycles. The van der Waals surface area contributed by atoms with Crippen LogP contribution in [0.3, 0.4) is 0 Å². The Morgan fingerprint density at radius 2 is 0.868 bits per heavy atom. The quantitative estimate of drug-likeness (QED) is 0.244.